The number of nitrogens with zero attached hydrogens (tertiary/aromatic N) is 2. The van der Waals surface area contributed by atoms with Gasteiger partial charge in [-0.1, -0.05) is 13.3 Å². The SMILES string of the molecule is CCC1CCCCN1CCCNC(=S)Nc1cc(C)ccn1. The predicted molar refractivity (Wildman–Crippen MR) is 97.3 cm³/mol. The molecule has 1 aromatic rings. The van der Waals surface area contributed by atoms with Crippen molar-refractivity contribution in [2.24, 2.45) is 0 Å². The van der Waals surface area contributed by atoms with Gasteiger partial charge in [0.1, 0.15) is 5.82 Å². The van der Waals surface area contributed by atoms with Gasteiger partial charge in [-0.05, 0) is 69.1 Å². The topological polar surface area (TPSA) is 40.2 Å². The first-order valence-electron chi connectivity index (χ1n) is 8.40. The monoisotopic (exact) mass is 320 g/mol. The van der Waals surface area contributed by atoms with Crippen LogP contribution in [0.4, 0.5) is 5.82 Å². The highest BCUT2D eigenvalue weighted by molar-refractivity contribution is 7.80. The number of anilines is 1. The number of pyridine rings is 1. The molecule has 0 amide bonds. The summed E-state index contributed by atoms with van der Waals surface area (Å²) in [6.45, 7) is 7.68. The van der Waals surface area contributed by atoms with Crippen molar-refractivity contribution < 1.29 is 0 Å². The molecule has 5 heteroatoms. The van der Waals surface area contributed by atoms with E-state index in [0.717, 1.165) is 31.4 Å². The number of thiocarbonyl (C=S) groups is 1. The minimum absolute atomic E-state index is 0.656. The molecule has 1 aliphatic heterocycles. The largest absolute Gasteiger partial charge is 0.362 e. The van der Waals surface area contributed by atoms with Crippen LogP contribution in [-0.2, 0) is 0 Å². The summed E-state index contributed by atoms with van der Waals surface area (Å²) in [4.78, 5) is 6.90. The number of hydrogen-bond acceptors (Lipinski definition) is 3. The molecular formula is C17H28N4S. The van der Waals surface area contributed by atoms with Gasteiger partial charge in [-0.25, -0.2) is 4.98 Å². The highest BCUT2D eigenvalue weighted by Crippen LogP contribution is 2.19. The zero-order chi connectivity index (χ0) is 15.8. The van der Waals surface area contributed by atoms with Gasteiger partial charge in [-0.2, -0.15) is 0 Å². The Kier molecular flexibility index (Phi) is 7.06. The molecule has 0 aliphatic carbocycles. The Balaban J connectivity index is 1.64. The van der Waals surface area contributed by atoms with Crippen molar-refractivity contribution in [1.29, 1.82) is 0 Å². The van der Waals surface area contributed by atoms with E-state index in [1.165, 1.54) is 37.8 Å². The van der Waals surface area contributed by atoms with E-state index in [4.69, 9.17) is 12.2 Å². The van der Waals surface area contributed by atoms with Gasteiger partial charge in [-0.3, -0.25) is 0 Å². The average Bonchev–Trinajstić information content (AvgIpc) is 2.52. The molecule has 0 spiro atoms. The van der Waals surface area contributed by atoms with E-state index in [1.54, 1.807) is 6.20 Å². The lowest BCUT2D eigenvalue weighted by Gasteiger charge is -2.35. The molecular weight excluding hydrogens is 292 g/mol. The first kappa shape index (κ1) is 17.2. The minimum Gasteiger partial charge on any atom is -0.362 e. The Labute approximate surface area is 139 Å². The molecule has 122 valence electrons. The van der Waals surface area contributed by atoms with Gasteiger partial charge in [0.05, 0.1) is 0 Å². The van der Waals surface area contributed by atoms with E-state index in [-0.39, 0.29) is 0 Å². The van der Waals surface area contributed by atoms with Crippen molar-refractivity contribution in [3.63, 3.8) is 0 Å². The summed E-state index contributed by atoms with van der Waals surface area (Å²) < 4.78 is 0. The van der Waals surface area contributed by atoms with Crippen LogP contribution in [0.5, 0.6) is 0 Å². The van der Waals surface area contributed by atoms with Crippen LogP contribution in [0, 0.1) is 6.92 Å². The van der Waals surface area contributed by atoms with Crippen molar-refractivity contribution in [3.05, 3.63) is 23.9 Å². The van der Waals surface area contributed by atoms with Crippen LogP contribution in [0.3, 0.4) is 0 Å². The smallest absolute Gasteiger partial charge is 0.171 e. The van der Waals surface area contributed by atoms with Gasteiger partial charge in [0.25, 0.3) is 0 Å². The van der Waals surface area contributed by atoms with Gasteiger partial charge in [0.15, 0.2) is 5.11 Å². The van der Waals surface area contributed by atoms with Gasteiger partial charge >= 0.3 is 0 Å². The highest BCUT2D eigenvalue weighted by Gasteiger charge is 2.19. The van der Waals surface area contributed by atoms with E-state index >= 15 is 0 Å². The molecule has 2 N–H and O–H groups in total. The van der Waals surface area contributed by atoms with Crippen LogP contribution >= 0.6 is 12.2 Å². The lowest BCUT2D eigenvalue weighted by molar-refractivity contribution is 0.143. The maximum absolute atomic E-state index is 5.32. The maximum atomic E-state index is 5.32. The van der Waals surface area contributed by atoms with Crippen molar-refractivity contribution >= 4 is 23.1 Å². The van der Waals surface area contributed by atoms with Gasteiger partial charge < -0.3 is 15.5 Å². The lowest BCUT2D eigenvalue weighted by Crippen LogP contribution is -2.41. The van der Waals surface area contributed by atoms with Crippen LogP contribution in [0.2, 0.25) is 0 Å². The Morgan fingerprint density at radius 3 is 3.09 bits per heavy atom. The Bertz CT molecular complexity index is 477. The highest BCUT2D eigenvalue weighted by atomic mass is 32.1. The van der Waals surface area contributed by atoms with Crippen molar-refractivity contribution in [3.8, 4) is 0 Å². The van der Waals surface area contributed by atoms with Crippen LogP contribution < -0.4 is 10.6 Å². The van der Waals surface area contributed by atoms with Gasteiger partial charge in [-0.15, -0.1) is 0 Å². The number of likely N-dealkylation sites (tertiary alicyclic amines) is 1. The molecule has 1 saturated heterocycles. The van der Waals surface area contributed by atoms with E-state index in [1.807, 2.05) is 19.1 Å². The first-order valence-corrected chi connectivity index (χ1v) is 8.81. The summed E-state index contributed by atoms with van der Waals surface area (Å²) in [5, 5.41) is 7.07. The maximum Gasteiger partial charge on any atom is 0.171 e. The molecule has 2 rings (SSSR count). The van der Waals surface area contributed by atoms with Crippen molar-refractivity contribution in [2.75, 3.05) is 25.0 Å². The normalized spacial score (nSPS) is 18.9. The zero-order valence-electron chi connectivity index (χ0n) is 13.8. The third-order valence-corrected chi connectivity index (χ3v) is 4.53. The van der Waals surface area contributed by atoms with E-state index in [0.29, 0.717) is 5.11 Å². The molecule has 22 heavy (non-hydrogen) atoms. The zero-order valence-corrected chi connectivity index (χ0v) is 14.6. The third kappa shape index (κ3) is 5.54. The fraction of sp³-hybridized carbons (Fsp3) is 0.647. The summed E-state index contributed by atoms with van der Waals surface area (Å²) >= 11 is 5.32. The Morgan fingerprint density at radius 1 is 1.45 bits per heavy atom. The summed E-state index contributed by atoms with van der Waals surface area (Å²) in [6.07, 6.45) is 8.30. The summed E-state index contributed by atoms with van der Waals surface area (Å²) in [5.74, 6) is 0.805. The van der Waals surface area contributed by atoms with Gasteiger partial charge in [0, 0.05) is 25.3 Å². The standard InChI is InChI=1S/C17H28N4S/c1-3-15-7-4-5-11-21(15)12-6-9-19-17(22)20-16-13-14(2)8-10-18-16/h8,10,13,15H,3-7,9,11-12H2,1-2H3,(H2,18,19,20,22). The van der Waals surface area contributed by atoms with Crippen LogP contribution in [0.25, 0.3) is 0 Å². The number of nitrogens with one attached hydrogen (secondary N) is 2. The van der Waals surface area contributed by atoms with Gasteiger partial charge in [0.2, 0.25) is 0 Å². The molecule has 0 radical (unpaired) electrons. The lowest BCUT2D eigenvalue weighted by atomic mass is 10.00. The van der Waals surface area contributed by atoms with E-state index in [9.17, 15) is 0 Å². The predicted octanol–water partition coefficient (Wildman–Crippen LogP) is 3.33. The Hall–Kier alpha value is -1.20. The van der Waals surface area contributed by atoms with Crippen LogP contribution in [0.15, 0.2) is 18.3 Å². The number of piperidine rings is 1. The Morgan fingerprint density at radius 2 is 2.32 bits per heavy atom. The third-order valence-electron chi connectivity index (χ3n) is 4.29. The number of aryl methyl sites for hydroxylation is 1. The first-order chi connectivity index (χ1) is 10.7. The molecule has 4 nitrogen and oxygen atoms in total. The molecule has 0 aromatic carbocycles. The van der Waals surface area contributed by atoms with E-state index in [2.05, 4.69) is 27.4 Å². The fourth-order valence-corrected chi connectivity index (χ4v) is 3.27. The fourth-order valence-electron chi connectivity index (χ4n) is 3.07. The minimum atomic E-state index is 0.656. The summed E-state index contributed by atoms with van der Waals surface area (Å²) in [7, 11) is 0. The molecule has 1 aliphatic rings. The summed E-state index contributed by atoms with van der Waals surface area (Å²) in [5.41, 5.74) is 1.18. The number of hydrogen-bond donors (Lipinski definition) is 2. The van der Waals surface area contributed by atoms with Crippen molar-refractivity contribution in [2.45, 2.75) is 52.0 Å². The second-order valence-corrected chi connectivity index (χ2v) is 6.45. The van der Waals surface area contributed by atoms with Crippen LogP contribution in [0.1, 0.15) is 44.6 Å². The molecule has 0 bridgehead atoms. The molecule has 1 aromatic heterocycles. The average molecular weight is 321 g/mol. The van der Waals surface area contributed by atoms with E-state index < -0.39 is 0 Å². The molecule has 1 unspecified atom stereocenters. The molecule has 1 atom stereocenters. The number of rotatable bonds is 6. The quantitative estimate of drug-likeness (QED) is 0.621. The second kappa shape index (κ2) is 9.06. The molecule has 0 saturated carbocycles. The van der Waals surface area contributed by atoms with Crippen molar-refractivity contribution in [1.82, 2.24) is 15.2 Å². The molecule has 1 fully saturated rings. The second-order valence-electron chi connectivity index (χ2n) is 6.05. The van der Waals surface area contributed by atoms with Crippen LogP contribution in [-0.4, -0.2) is 40.7 Å². The summed E-state index contributed by atoms with van der Waals surface area (Å²) in [6, 6.07) is 4.76. The number of aromatic nitrogens is 1. The molecule has 2 heterocycles.